The molecule has 40 heavy (non-hydrogen) atoms. The zero-order valence-electron chi connectivity index (χ0n) is 21.7. The predicted octanol–water partition coefficient (Wildman–Crippen LogP) is 6.67. The molecule has 196 valence electrons. The Hall–Kier alpha value is -5.16. The average Bonchev–Trinajstić information content (AvgIpc) is 3.00. The average molecular weight is 527 g/mol. The highest BCUT2D eigenvalue weighted by Crippen LogP contribution is 2.55. The Morgan fingerprint density at radius 3 is 1.25 bits per heavy atom. The fourth-order valence-electron chi connectivity index (χ4n) is 6.46. The summed E-state index contributed by atoms with van der Waals surface area (Å²) in [6.07, 6.45) is 5.80. The van der Waals surface area contributed by atoms with Crippen LogP contribution in [0.4, 0.5) is 0 Å². The topological polar surface area (TPSA) is 101 Å². The largest absolute Gasteiger partial charge is 0.504 e. The van der Waals surface area contributed by atoms with Crippen LogP contribution in [-0.2, 0) is 0 Å². The van der Waals surface area contributed by atoms with Crippen LogP contribution in [-0.4, -0.2) is 25.5 Å². The van der Waals surface area contributed by atoms with Crippen LogP contribution >= 0.6 is 0 Å². The second-order valence-corrected chi connectivity index (χ2v) is 10.3. The molecule has 1 aliphatic carbocycles. The zero-order valence-corrected chi connectivity index (χ0v) is 21.7. The minimum absolute atomic E-state index is 0.126. The van der Waals surface area contributed by atoms with E-state index < -0.39 is 28.7 Å². The number of hydrogen-bond acceptors (Lipinski definition) is 5. The second kappa shape index (κ2) is 8.68. The molecule has 0 aliphatic heterocycles. The highest BCUT2D eigenvalue weighted by atomic mass is 16.4. The molecule has 6 aromatic carbocycles. The van der Waals surface area contributed by atoms with Crippen LogP contribution in [0.15, 0.2) is 72.8 Å². The van der Waals surface area contributed by atoms with Crippen molar-refractivity contribution in [1.82, 2.24) is 0 Å². The summed E-state index contributed by atoms with van der Waals surface area (Å²) >= 11 is 0. The van der Waals surface area contributed by atoms with Gasteiger partial charge in [-0.25, -0.2) is 0 Å². The van der Waals surface area contributed by atoms with Crippen LogP contribution in [0.1, 0.15) is 18.4 Å². The number of phenolic OH excluding ortho intramolecular Hbond substituents is 5. The Bertz CT molecular complexity index is 2150. The standard InChI is InChI=1S/C35H26O5/c1-18-19-10-2-3-11-20(19)21-12-4-5-13-22(21)27(18)28-23-14-6-8-16-25(23)29(26-17-9-7-15-24(26)28)30-31(36)33(38)35(40)34(39)32(30)37/h2-6,8,10-17,36-40H,7,9H2,1H3. The van der Waals surface area contributed by atoms with Crippen molar-refractivity contribution in [2.75, 3.05) is 0 Å². The first-order chi connectivity index (χ1) is 19.4. The minimum atomic E-state index is -0.970. The maximum Gasteiger partial charge on any atom is 0.208 e. The summed E-state index contributed by atoms with van der Waals surface area (Å²) in [7, 11) is 0. The molecule has 5 heteroatoms. The fraction of sp³-hybridized carbons (Fsp3) is 0.0857. The third-order valence-electron chi connectivity index (χ3n) is 8.22. The number of aryl methyl sites for hydroxylation is 1. The maximum absolute atomic E-state index is 11.0. The molecule has 0 aromatic heterocycles. The van der Waals surface area contributed by atoms with E-state index in [0.717, 1.165) is 61.5 Å². The summed E-state index contributed by atoms with van der Waals surface area (Å²) < 4.78 is 0. The smallest absolute Gasteiger partial charge is 0.208 e. The monoisotopic (exact) mass is 526 g/mol. The van der Waals surface area contributed by atoms with Gasteiger partial charge in [-0.2, -0.15) is 0 Å². The molecule has 0 saturated carbocycles. The van der Waals surface area contributed by atoms with Gasteiger partial charge in [0.15, 0.2) is 11.5 Å². The molecule has 0 heterocycles. The van der Waals surface area contributed by atoms with Crippen LogP contribution in [0.25, 0.3) is 66.7 Å². The molecule has 0 radical (unpaired) electrons. The lowest BCUT2D eigenvalue weighted by molar-refractivity contribution is 0.330. The lowest BCUT2D eigenvalue weighted by atomic mass is 9.82. The number of fused-ring (bicyclic) bond motifs is 5. The Morgan fingerprint density at radius 1 is 0.400 bits per heavy atom. The third kappa shape index (κ3) is 3.15. The molecule has 0 saturated heterocycles. The van der Waals surface area contributed by atoms with Crippen molar-refractivity contribution in [3.63, 3.8) is 0 Å². The zero-order chi connectivity index (χ0) is 27.7. The third-order valence-corrected chi connectivity index (χ3v) is 8.22. The first kappa shape index (κ1) is 23.9. The van der Waals surface area contributed by atoms with E-state index in [0.29, 0.717) is 5.56 Å². The minimum Gasteiger partial charge on any atom is -0.504 e. The van der Waals surface area contributed by atoms with Gasteiger partial charge in [0.2, 0.25) is 17.2 Å². The van der Waals surface area contributed by atoms with Crippen molar-refractivity contribution in [3.05, 3.63) is 88.8 Å². The van der Waals surface area contributed by atoms with Crippen LogP contribution in [0.5, 0.6) is 28.7 Å². The quantitative estimate of drug-likeness (QED) is 0.0985. The van der Waals surface area contributed by atoms with Gasteiger partial charge in [-0.15, -0.1) is 0 Å². The Balaban J connectivity index is 1.75. The molecule has 0 spiro atoms. The van der Waals surface area contributed by atoms with E-state index >= 15 is 0 Å². The first-order valence-corrected chi connectivity index (χ1v) is 13.2. The molecule has 0 atom stereocenters. The molecule has 0 fully saturated rings. The lowest BCUT2D eigenvalue weighted by Gasteiger charge is -2.22. The van der Waals surface area contributed by atoms with Crippen molar-refractivity contribution in [3.8, 4) is 51.0 Å². The van der Waals surface area contributed by atoms with E-state index in [1.165, 1.54) is 10.8 Å². The summed E-state index contributed by atoms with van der Waals surface area (Å²) in [5.74, 6) is -4.13. The fourth-order valence-corrected chi connectivity index (χ4v) is 6.46. The molecule has 6 aromatic rings. The van der Waals surface area contributed by atoms with E-state index in [-0.39, 0.29) is 5.56 Å². The van der Waals surface area contributed by atoms with Crippen molar-refractivity contribution >= 4 is 44.5 Å². The van der Waals surface area contributed by atoms with Gasteiger partial charge in [0, 0.05) is 5.56 Å². The van der Waals surface area contributed by atoms with Crippen LogP contribution in [0.3, 0.4) is 0 Å². The highest BCUT2D eigenvalue weighted by Gasteiger charge is 2.28. The van der Waals surface area contributed by atoms with Crippen molar-refractivity contribution in [1.29, 1.82) is 0 Å². The van der Waals surface area contributed by atoms with E-state index in [4.69, 9.17) is 0 Å². The molecule has 0 amide bonds. The first-order valence-electron chi connectivity index (χ1n) is 13.2. The highest BCUT2D eigenvalue weighted by molar-refractivity contribution is 6.19. The summed E-state index contributed by atoms with van der Waals surface area (Å²) in [6, 6.07) is 24.6. The lowest BCUT2D eigenvalue weighted by Crippen LogP contribution is -2.31. The van der Waals surface area contributed by atoms with Crippen LogP contribution < -0.4 is 10.4 Å². The summed E-state index contributed by atoms with van der Waals surface area (Å²) in [5.41, 5.74) is 3.67. The predicted molar refractivity (Wildman–Crippen MR) is 160 cm³/mol. The van der Waals surface area contributed by atoms with Gasteiger partial charge in [-0.1, -0.05) is 84.9 Å². The van der Waals surface area contributed by atoms with Crippen molar-refractivity contribution in [2.24, 2.45) is 0 Å². The number of aromatic hydroxyl groups is 5. The molecular formula is C35H26O5. The maximum atomic E-state index is 11.0. The summed E-state index contributed by atoms with van der Waals surface area (Å²) in [4.78, 5) is 0. The van der Waals surface area contributed by atoms with Gasteiger partial charge < -0.3 is 25.5 Å². The molecule has 7 rings (SSSR count). The molecule has 0 bridgehead atoms. The van der Waals surface area contributed by atoms with Gasteiger partial charge in [0.1, 0.15) is 0 Å². The van der Waals surface area contributed by atoms with Gasteiger partial charge in [-0.05, 0) is 79.2 Å². The van der Waals surface area contributed by atoms with E-state index in [9.17, 15) is 25.5 Å². The van der Waals surface area contributed by atoms with Crippen LogP contribution in [0, 0.1) is 6.92 Å². The Kier molecular flexibility index (Phi) is 5.19. The Morgan fingerprint density at radius 2 is 0.750 bits per heavy atom. The van der Waals surface area contributed by atoms with Crippen molar-refractivity contribution < 1.29 is 25.5 Å². The van der Waals surface area contributed by atoms with E-state index in [2.05, 4.69) is 67.6 Å². The number of phenols is 5. The Labute approximate surface area is 229 Å². The summed E-state index contributed by atoms with van der Waals surface area (Å²) in [6.45, 7) is 2.15. The van der Waals surface area contributed by atoms with Crippen molar-refractivity contribution in [2.45, 2.75) is 19.8 Å². The van der Waals surface area contributed by atoms with Gasteiger partial charge in [0.05, 0.1) is 5.56 Å². The second-order valence-electron chi connectivity index (χ2n) is 10.3. The molecular weight excluding hydrogens is 500 g/mol. The molecule has 5 N–H and O–H groups in total. The van der Waals surface area contributed by atoms with Crippen LogP contribution in [0.2, 0.25) is 0 Å². The van der Waals surface area contributed by atoms with E-state index in [1.54, 1.807) is 0 Å². The molecule has 0 unspecified atom stereocenters. The van der Waals surface area contributed by atoms with Gasteiger partial charge in [-0.3, -0.25) is 0 Å². The number of rotatable bonds is 2. The molecule has 1 aliphatic rings. The van der Waals surface area contributed by atoms with Gasteiger partial charge >= 0.3 is 0 Å². The van der Waals surface area contributed by atoms with Gasteiger partial charge in [0.25, 0.3) is 0 Å². The molecule has 5 nitrogen and oxygen atoms in total. The summed E-state index contributed by atoms with van der Waals surface area (Å²) in [5, 5.41) is 60.9. The normalized spacial score (nSPS) is 12.8. The SMILES string of the molecule is Cc1c(-c2c3c(c(-c4c(O)c(O)c(O)c(O)c4O)c4ccccc24)=CCCC=3)c2ccccc2c2ccccc12. The van der Waals surface area contributed by atoms with E-state index in [1.807, 2.05) is 24.3 Å². The number of hydrogen-bond donors (Lipinski definition) is 5. The number of benzene rings is 6.